The Morgan fingerprint density at radius 2 is 0.946 bits per heavy atom. The Labute approximate surface area is 322 Å². The van der Waals surface area contributed by atoms with E-state index in [1.54, 1.807) is 0 Å². The second-order valence-corrected chi connectivity index (χ2v) is 14.4. The van der Waals surface area contributed by atoms with Gasteiger partial charge >= 0.3 is 0 Å². The maximum absolute atomic E-state index is 10.7. The molecule has 0 atom stereocenters. The largest absolute Gasteiger partial charge is 0.309 e. The smallest absolute Gasteiger partial charge is 0.100 e. The van der Waals surface area contributed by atoms with Crippen molar-refractivity contribution >= 4 is 65.4 Å². The summed E-state index contributed by atoms with van der Waals surface area (Å²) in [5, 5.41) is 27.4. The minimum atomic E-state index is 0.600. The zero-order chi connectivity index (χ0) is 37.5. The molecule has 0 aliphatic carbocycles. The topological polar surface area (TPSA) is 62.4 Å². The van der Waals surface area contributed by atoms with E-state index in [2.05, 4.69) is 165 Å². The van der Waals surface area contributed by atoms with E-state index >= 15 is 0 Å². The lowest BCUT2D eigenvalue weighted by Gasteiger charge is -2.16. The maximum Gasteiger partial charge on any atom is 0.100 e. The molecule has 260 valence electrons. The molecule has 0 amide bonds. The molecule has 56 heavy (non-hydrogen) atoms. The summed E-state index contributed by atoms with van der Waals surface area (Å²) in [5.41, 5.74) is 13.7. The lowest BCUT2D eigenvalue weighted by Crippen LogP contribution is -2.01. The van der Waals surface area contributed by atoms with Gasteiger partial charge in [0, 0.05) is 38.0 Å². The first kappa shape index (κ1) is 31.6. The van der Waals surface area contributed by atoms with Crippen LogP contribution >= 0.6 is 0 Å². The van der Waals surface area contributed by atoms with E-state index in [0.29, 0.717) is 11.1 Å². The molecule has 0 spiro atoms. The molecule has 0 radical (unpaired) electrons. The molecule has 0 unspecified atom stereocenters. The van der Waals surface area contributed by atoms with Crippen LogP contribution in [0.4, 0.5) is 0 Å². The molecule has 3 aromatic heterocycles. The molecule has 5 nitrogen and oxygen atoms in total. The van der Waals surface area contributed by atoms with Crippen LogP contribution in [0.5, 0.6) is 0 Å². The van der Waals surface area contributed by atoms with Gasteiger partial charge in [-0.1, -0.05) is 103 Å². The molecular formula is C51H31N5. The Morgan fingerprint density at radius 1 is 0.411 bits per heavy atom. The predicted molar refractivity (Wildman–Crippen MR) is 229 cm³/mol. The SMILES string of the molecule is Cc1c(-n2c3ccccc3c3ccc(C#N)cc32)ccc(-c2ccc(-n3c4ccccc4c4c(-n5c6ccccc6c6ccccc65)cccc43)cc2)c1C#N. The molecule has 0 N–H and O–H groups in total. The summed E-state index contributed by atoms with van der Waals surface area (Å²) >= 11 is 0. The molecule has 8 aromatic carbocycles. The van der Waals surface area contributed by atoms with Gasteiger partial charge in [0.2, 0.25) is 0 Å². The van der Waals surface area contributed by atoms with Gasteiger partial charge in [0.05, 0.1) is 61.7 Å². The zero-order valence-electron chi connectivity index (χ0n) is 30.4. The highest BCUT2D eigenvalue weighted by atomic mass is 15.0. The number of para-hydroxylation sites is 4. The summed E-state index contributed by atoms with van der Waals surface area (Å²) in [4.78, 5) is 0. The van der Waals surface area contributed by atoms with E-state index in [0.717, 1.165) is 66.6 Å². The minimum Gasteiger partial charge on any atom is -0.309 e. The molecule has 11 aromatic rings. The van der Waals surface area contributed by atoms with Crippen molar-refractivity contribution in [1.82, 2.24) is 13.7 Å². The maximum atomic E-state index is 10.7. The van der Waals surface area contributed by atoms with Crippen molar-refractivity contribution in [3.63, 3.8) is 0 Å². The number of hydrogen-bond acceptors (Lipinski definition) is 2. The Bertz CT molecular complexity index is 3450. The Balaban J connectivity index is 1.06. The van der Waals surface area contributed by atoms with E-state index < -0.39 is 0 Å². The van der Waals surface area contributed by atoms with Crippen molar-refractivity contribution in [2.45, 2.75) is 6.92 Å². The molecule has 11 rings (SSSR count). The van der Waals surface area contributed by atoms with Crippen LogP contribution in [0.15, 0.2) is 170 Å². The van der Waals surface area contributed by atoms with Gasteiger partial charge in [0.1, 0.15) is 6.07 Å². The molecule has 0 fully saturated rings. The Morgan fingerprint density at radius 3 is 1.55 bits per heavy atom. The third-order valence-electron chi connectivity index (χ3n) is 11.5. The predicted octanol–water partition coefficient (Wildman–Crippen LogP) is 12.7. The van der Waals surface area contributed by atoms with Gasteiger partial charge in [-0.25, -0.2) is 0 Å². The van der Waals surface area contributed by atoms with Crippen LogP contribution in [-0.2, 0) is 0 Å². The highest BCUT2D eigenvalue weighted by molar-refractivity contribution is 6.16. The second-order valence-electron chi connectivity index (χ2n) is 14.4. The van der Waals surface area contributed by atoms with Gasteiger partial charge in [-0.15, -0.1) is 0 Å². The molecule has 0 aliphatic heterocycles. The van der Waals surface area contributed by atoms with Gasteiger partial charge < -0.3 is 13.7 Å². The molecule has 5 heteroatoms. The highest BCUT2D eigenvalue weighted by Gasteiger charge is 2.21. The summed E-state index contributed by atoms with van der Waals surface area (Å²) < 4.78 is 6.94. The number of hydrogen-bond donors (Lipinski definition) is 0. The van der Waals surface area contributed by atoms with E-state index in [1.165, 1.54) is 32.6 Å². The Hall–Kier alpha value is -7.86. The Kier molecular flexibility index (Phi) is 6.83. The van der Waals surface area contributed by atoms with Crippen molar-refractivity contribution < 1.29 is 0 Å². The summed E-state index contributed by atoms with van der Waals surface area (Å²) in [6.45, 7) is 2.02. The fourth-order valence-electron chi connectivity index (χ4n) is 9.06. The number of rotatable bonds is 4. The van der Waals surface area contributed by atoms with E-state index in [9.17, 15) is 10.5 Å². The van der Waals surface area contributed by atoms with Gasteiger partial charge in [-0.05, 0) is 90.3 Å². The first-order valence-corrected chi connectivity index (χ1v) is 18.7. The summed E-state index contributed by atoms with van der Waals surface area (Å²) in [5.74, 6) is 0. The van der Waals surface area contributed by atoms with Crippen molar-refractivity contribution in [3.8, 4) is 40.3 Å². The summed E-state index contributed by atoms with van der Waals surface area (Å²) in [6, 6.07) is 64.2. The van der Waals surface area contributed by atoms with Crippen LogP contribution in [0.25, 0.3) is 93.6 Å². The van der Waals surface area contributed by atoms with Gasteiger partial charge in [0.15, 0.2) is 0 Å². The van der Waals surface area contributed by atoms with Crippen molar-refractivity contribution in [2.24, 2.45) is 0 Å². The van der Waals surface area contributed by atoms with Gasteiger partial charge in [-0.2, -0.15) is 10.5 Å². The number of benzene rings is 8. The summed E-state index contributed by atoms with van der Waals surface area (Å²) in [7, 11) is 0. The monoisotopic (exact) mass is 713 g/mol. The van der Waals surface area contributed by atoms with Gasteiger partial charge in [-0.3, -0.25) is 0 Å². The molecule has 0 aliphatic rings. The van der Waals surface area contributed by atoms with Crippen LogP contribution in [0.1, 0.15) is 16.7 Å². The second kappa shape index (κ2) is 12.1. The fourth-order valence-corrected chi connectivity index (χ4v) is 9.06. The average Bonchev–Trinajstić information content (AvgIpc) is 3.89. The van der Waals surface area contributed by atoms with Crippen LogP contribution in [0.3, 0.4) is 0 Å². The third kappa shape index (κ3) is 4.40. The quantitative estimate of drug-likeness (QED) is 0.182. The highest BCUT2D eigenvalue weighted by Crippen LogP contribution is 2.41. The van der Waals surface area contributed by atoms with Gasteiger partial charge in [0.25, 0.3) is 0 Å². The normalized spacial score (nSPS) is 11.6. The standard InChI is InChI=1S/C51H31N5/c1-32-42(31-53)36(27-28-43(32)55-44-15-6-4-13-39(44)40-26-21-33(30-52)29-50(40)55)34-22-24-35(25-23-34)54-47-18-9-5-14-41(47)51-48(54)19-10-20-49(51)56-45-16-7-2-11-37(45)38-12-3-8-17-46(38)56/h2-29H,1H3. The lowest BCUT2D eigenvalue weighted by molar-refractivity contribution is 1.14. The van der Waals surface area contributed by atoms with Crippen molar-refractivity contribution in [3.05, 3.63) is 187 Å². The van der Waals surface area contributed by atoms with Crippen LogP contribution in [0.2, 0.25) is 0 Å². The summed E-state index contributed by atoms with van der Waals surface area (Å²) in [6.07, 6.45) is 0. The van der Waals surface area contributed by atoms with Crippen LogP contribution in [-0.4, -0.2) is 13.7 Å². The number of nitriles is 2. The lowest BCUT2D eigenvalue weighted by atomic mass is 9.95. The van der Waals surface area contributed by atoms with Crippen LogP contribution < -0.4 is 0 Å². The van der Waals surface area contributed by atoms with E-state index in [4.69, 9.17) is 0 Å². The van der Waals surface area contributed by atoms with E-state index in [1.807, 2.05) is 37.3 Å². The fraction of sp³-hybridized carbons (Fsp3) is 0.0196. The zero-order valence-corrected chi connectivity index (χ0v) is 30.4. The minimum absolute atomic E-state index is 0.600. The molecule has 0 bridgehead atoms. The first-order valence-electron chi connectivity index (χ1n) is 18.7. The first-order chi connectivity index (χ1) is 27.6. The third-order valence-corrected chi connectivity index (χ3v) is 11.5. The molecule has 0 saturated heterocycles. The van der Waals surface area contributed by atoms with Crippen molar-refractivity contribution in [2.75, 3.05) is 0 Å². The molecule has 0 saturated carbocycles. The van der Waals surface area contributed by atoms with E-state index in [-0.39, 0.29) is 0 Å². The van der Waals surface area contributed by atoms with Crippen molar-refractivity contribution in [1.29, 1.82) is 10.5 Å². The number of aromatic nitrogens is 3. The average molecular weight is 714 g/mol. The van der Waals surface area contributed by atoms with Crippen LogP contribution in [0, 0.1) is 29.6 Å². The molecular weight excluding hydrogens is 683 g/mol. The molecule has 3 heterocycles. The number of nitrogens with zero attached hydrogens (tertiary/aromatic N) is 5. The number of fused-ring (bicyclic) bond motifs is 9.